The molecule has 0 radical (unpaired) electrons. The van der Waals surface area contributed by atoms with Gasteiger partial charge in [-0.2, -0.15) is 5.10 Å². The number of carbonyl (C=O) groups is 1. The minimum atomic E-state index is -0.644. The predicted octanol–water partition coefficient (Wildman–Crippen LogP) is 3.89. The van der Waals surface area contributed by atoms with E-state index in [0.717, 1.165) is 0 Å². The van der Waals surface area contributed by atoms with Gasteiger partial charge in [0.2, 0.25) is 5.78 Å². The zero-order chi connectivity index (χ0) is 18.4. The molecule has 0 aliphatic rings. The zero-order valence-electron chi connectivity index (χ0n) is 13.5. The lowest BCUT2D eigenvalue weighted by Gasteiger charge is -2.04. The number of hydrogen-bond donors (Lipinski definition) is 0. The quantitative estimate of drug-likeness (QED) is 0.292. The van der Waals surface area contributed by atoms with Gasteiger partial charge in [0.15, 0.2) is 5.76 Å². The van der Waals surface area contributed by atoms with Crippen molar-refractivity contribution >= 4 is 23.6 Å². The minimum Gasteiger partial charge on any atom is -0.400 e. The highest BCUT2D eigenvalue weighted by Crippen LogP contribution is 2.14. The number of benzene rings is 2. The molecule has 128 valence electrons. The molecule has 3 rings (SSSR count). The van der Waals surface area contributed by atoms with Gasteiger partial charge in [0.1, 0.15) is 10.6 Å². The molecule has 0 atom stereocenters. The van der Waals surface area contributed by atoms with E-state index in [9.17, 15) is 14.9 Å². The third kappa shape index (κ3) is 3.96. The van der Waals surface area contributed by atoms with E-state index < -0.39 is 4.92 Å². The normalized spacial score (nSPS) is 11.6. The molecule has 0 saturated heterocycles. The first kappa shape index (κ1) is 17.0. The van der Waals surface area contributed by atoms with Gasteiger partial charge in [-0.15, -0.1) is 5.10 Å². The maximum atomic E-state index is 12.8. The van der Waals surface area contributed by atoms with E-state index in [-0.39, 0.29) is 23.1 Å². The van der Waals surface area contributed by atoms with Crippen molar-refractivity contribution in [2.45, 2.75) is 0 Å². The maximum Gasteiger partial charge on any atom is 0.433 e. The average Bonchev–Trinajstić information content (AvgIpc) is 3.15. The lowest BCUT2D eigenvalue weighted by molar-refractivity contribution is -0.402. The molecule has 0 saturated carbocycles. The Bertz CT molecular complexity index is 976. The number of furan rings is 1. The molecule has 0 unspecified atom stereocenters. The number of hydrogen-bond acceptors (Lipinski definition) is 6. The smallest absolute Gasteiger partial charge is 0.400 e. The highest BCUT2D eigenvalue weighted by atomic mass is 16.6. The van der Waals surface area contributed by atoms with Crippen molar-refractivity contribution in [3.63, 3.8) is 0 Å². The van der Waals surface area contributed by atoms with E-state index in [4.69, 9.17) is 4.42 Å². The SMILES string of the molecule is O=C(/C(=N/N=C\c1ccc([N+](=O)[O-])o1)c1ccccc1)c1ccccc1. The number of Topliss-reactive ketones (excluding diaryl/α,β-unsaturated/α-hetero) is 1. The van der Waals surface area contributed by atoms with E-state index >= 15 is 0 Å². The fourth-order valence-corrected chi connectivity index (χ4v) is 2.21. The summed E-state index contributed by atoms with van der Waals surface area (Å²) in [6, 6.07) is 20.3. The molecule has 0 aliphatic carbocycles. The van der Waals surface area contributed by atoms with Gasteiger partial charge in [-0.3, -0.25) is 14.9 Å². The molecule has 0 aliphatic heterocycles. The summed E-state index contributed by atoms with van der Waals surface area (Å²) < 4.78 is 4.98. The number of ketones is 1. The second-order valence-corrected chi connectivity index (χ2v) is 5.19. The van der Waals surface area contributed by atoms with Crippen LogP contribution in [0.5, 0.6) is 0 Å². The molecule has 7 heteroatoms. The van der Waals surface area contributed by atoms with Crippen molar-refractivity contribution in [3.05, 3.63) is 99.8 Å². The molecule has 0 spiro atoms. The van der Waals surface area contributed by atoms with E-state index in [1.807, 2.05) is 12.1 Å². The molecule has 26 heavy (non-hydrogen) atoms. The Hall–Kier alpha value is -3.87. The Kier molecular flexibility index (Phi) is 5.09. The second-order valence-electron chi connectivity index (χ2n) is 5.19. The topological polar surface area (TPSA) is 98.1 Å². The molecule has 0 bridgehead atoms. The fourth-order valence-electron chi connectivity index (χ4n) is 2.21. The number of rotatable bonds is 6. The third-order valence-corrected chi connectivity index (χ3v) is 3.43. The lowest BCUT2D eigenvalue weighted by atomic mass is 10.0. The van der Waals surface area contributed by atoms with Gasteiger partial charge in [0, 0.05) is 11.1 Å². The van der Waals surface area contributed by atoms with Crippen molar-refractivity contribution < 1.29 is 14.1 Å². The number of nitro groups is 1. The zero-order valence-corrected chi connectivity index (χ0v) is 13.5. The maximum absolute atomic E-state index is 12.8. The van der Waals surface area contributed by atoms with Crippen LogP contribution in [0.3, 0.4) is 0 Å². The van der Waals surface area contributed by atoms with E-state index in [1.165, 1.54) is 18.3 Å². The first-order valence-electron chi connectivity index (χ1n) is 7.65. The van der Waals surface area contributed by atoms with Gasteiger partial charge in [-0.25, -0.2) is 0 Å². The van der Waals surface area contributed by atoms with Crippen molar-refractivity contribution in [1.29, 1.82) is 0 Å². The first-order valence-corrected chi connectivity index (χ1v) is 7.65. The van der Waals surface area contributed by atoms with Gasteiger partial charge in [-0.05, 0) is 6.07 Å². The third-order valence-electron chi connectivity index (χ3n) is 3.43. The van der Waals surface area contributed by atoms with Crippen LogP contribution in [0.4, 0.5) is 5.88 Å². The van der Waals surface area contributed by atoms with Gasteiger partial charge >= 0.3 is 5.88 Å². The minimum absolute atomic E-state index is 0.161. The highest BCUT2D eigenvalue weighted by molar-refractivity contribution is 6.51. The first-order chi connectivity index (χ1) is 12.6. The van der Waals surface area contributed by atoms with Gasteiger partial charge in [0.05, 0.1) is 12.3 Å². The van der Waals surface area contributed by atoms with Crippen LogP contribution in [0.15, 0.2) is 87.4 Å². The van der Waals surface area contributed by atoms with Crippen LogP contribution in [-0.2, 0) is 0 Å². The van der Waals surface area contributed by atoms with Crippen LogP contribution in [0.2, 0.25) is 0 Å². The highest BCUT2D eigenvalue weighted by Gasteiger charge is 2.16. The standard InChI is InChI=1S/C19H13N3O4/c23-19(15-9-5-2-6-10-15)18(14-7-3-1-4-8-14)21-20-13-16-11-12-17(26-16)22(24)25/h1-13H/b20-13-,21-18+. The molecule has 1 heterocycles. The summed E-state index contributed by atoms with van der Waals surface area (Å²) in [4.78, 5) is 22.7. The van der Waals surface area contributed by atoms with E-state index in [1.54, 1.807) is 48.5 Å². The number of carbonyl (C=O) groups excluding carboxylic acids is 1. The van der Waals surface area contributed by atoms with Crippen molar-refractivity contribution in [1.82, 2.24) is 0 Å². The monoisotopic (exact) mass is 347 g/mol. The summed E-state index contributed by atoms with van der Waals surface area (Å²) in [5, 5.41) is 18.5. The van der Waals surface area contributed by atoms with E-state index in [0.29, 0.717) is 11.1 Å². The van der Waals surface area contributed by atoms with E-state index in [2.05, 4.69) is 10.2 Å². The Balaban J connectivity index is 1.92. The van der Waals surface area contributed by atoms with Crippen LogP contribution >= 0.6 is 0 Å². The number of nitrogens with zero attached hydrogens (tertiary/aromatic N) is 3. The molecule has 7 nitrogen and oxygen atoms in total. The Morgan fingerprint density at radius 1 is 0.923 bits per heavy atom. The fraction of sp³-hybridized carbons (Fsp3) is 0. The molecular weight excluding hydrogens is 334 g/mol. The van der Waals surface area contributed by atoms with Gasteiger partial charge in [-0.1, -0.05) is 60.7 Å². The van der Waals surface area contributed by atoms with Gasteiger partial charge in [0.25, 0.3) is 0 Å². The Morgan fingerprint density at radius 2 is 1.54 bits per heavy atom. The summed E-state index contributed by atoms with van der Waals surface area (Å²) >= 11 is 0. The lowest BCUT2D eigenvalue weighted by Crippen LogP contribution is -2.15. The summed E-state index contributed by atoms with van der Waals surface area (Å²) in [5.41, 5.74) is 1.26. The van der Waals surface area contributed by atoms with Crippen molar-refractivity contribution in [2.75, 3.05) is 0 Å². The van der Waals surface area contributed by atoms with Crippen LogP contribution in [0.25, 0.3) is 0 Å². The van der Waals surface area contributed by atoms with Gasteiger partial charge < -0.3 is 4.42 Å². The van der Waals surface area contributed by atoms with Crippen LogP contribution < -0.4 is 0 Å². The Morgan fingerprint density at radius 3 is 2.12 bits per heavy atom. The van der Waals surface area contributed by atoms with Crippen LogP contribution in [0.1, 0.15) is 21.7 Å². The molecule has 3 aromatic rings. The molecular formula is C19H13N3O4. The van der Waals surface area contributed by atoms with Crippen molar-refractivity contribution in [3.8, 4) is 0 Å². The molecule has 2 aromatic carbocycles. The summed E-state index contributed by atoms with van der Waals surface area (Å²) in [5.74, 6) is -0.501. The molecule has 0 amide bonds. The second kappa shape index (κ2) is 7.80. The van der Waals surface area contributed by atoms with Crippen LogP contribution in [0, 0.1) is 10.1 Å². The summed E-state index contributed by atoms with van der Waals surface area (Å²) in [6.07, 6.45) is 1.22. The molecule has 0 N–H and O–H groups in total. The Labute approximate surface area is 148 Å². The summed E-state index contributed by atoms with van der Waals surface area (Å²) in [7, 11) is 0. The molecule has 1 aromatic heterocycles. The average molecular weight is 347 g/mol. The molecule has 0 fully saturated rings. The summed E-state index contributed by atoms with van der Waals surface area (Å²) in [6.45, 7) is 0. The van der Waals surface area contributed by atoms with Crippen LogP contribution in [-0.4, -0.2) is 22.6 Å². The van der Waals surface area contributed by atoms with Crippen molar-refractivity contribution in [2.24, 2.45) is 10.2 Å². The largest absolute Gasteiger partial charge is 0.433 e. The predicted molar refractivity (Wildman–Crippen MR) is 96.7 cm³/mol.